The van der Waals surface area contributed by atoms with Crippen LogP contribution in [0.3, 0.4) is 0 Å². The molecular weight excluding hydrogens is 354 g/mol. The number of nitrogens with one attached hydrogen (secondary N) is 2. The van der Waals surface area contributed by atoms with Crippen LogP contribution >= 0.6 is 0 Å². The molecule has 7 heteroatoms. The molecule has 146 valence electrons. The van der Waals surface area contributed by atoms with E-state index in [-0.39, 0.29) is 11.8 Å². The van der Waals surface area contributed by atoms with Gasteiger partial charge in [0.15, 0.2) is 5.82 Å². The summed E-state index contributed by atoms with van der Waals surface area (Å²) < 4.78 is 5.06. The highest BCUT2D eigenvalue weighted by Crippen LogP contribution is 2.22. The first-order chi connectivity index (χ1) is 13.7. The first kappa shape index (κ1) is 18.3. The summed E-state index contributed by atoms with van der Waals surface area (Å²) in [7, 11) is 1.57. The van der Waals surface area contributed by atoms with Crippen LogP contribution in [0.1, 0.15) is 18.4 Å². The monoisotopic (exact) mass is 379 g/mol. The highest BCUT2D eigenvalue weighted by atomic mass is 16.5. The zero-order chi connectivity index (χ0) is 19.3. The summed E-state index contributed by atoms with van der Waals surface area (Å²) in [6, 6.07) is 11.9. The Hall–Kier alpha value is -3.09. The number of nitrogens with zero attached hydrogens (tertiary/aromatic N) is 3. The maximum Gasteiger partial charge on any atom is 0.233 e. The van der Waals surface area contributed by atoms with Crippen molar-refractivity contribution < 1.29 is 9.53 Å². The molecule has 0 radical (unpaired) electrons. The highest BCUT2D eigenvalue weighted by molar-refractivity contribution is 5.83. The van der Waals surface area contributed by atoms with Crippen LogP contribution in [0.25, 0.3) is 10.9 Å². The number of H-pyrrole nitrogens is 1. The number of hydrogen-bond donors (Lipinski definition) is 2. The van der Waals surface area contributed by atoms with Gasteiger partial charge in [0.2, 0.25) is 11.8 Å². The topological polar surface area (TPSA) is 83.1 Å². The molecule has 4 rings (SSSR count). The molecule has 7 nitrogen and oxygen atoms in total. The quantitative estimate of drug-likeness (QED) is 0.688. The van der Waals surface area contributed by atoms with Crippen molar-refractivity contribution in [2.45, 2.75) is 19.3 Å². The molecule has 0 spiro atoms. The summed E-state index contributed by atoms with van der Waals surface area (Å²) >= 11 is 0. The third kappa shape index (κ3) is 3.93. The number of ether oxygens (including phenoxy) is 1. The second kappa shape index (κ2) is 8.29. The first-order valence-electron chi connectivity index (χ1n) is 9.70. The Morgan fingerprint density at radius 2 is 2.18 bits per heavy atom. The lowest BCUT2D eigenvalue weighted by molar-refractivity contribution is -0.125. The smallest absolute Gasteiger partial charge is 0.233 e. The minimum atomic E-state index is -0.0272. The van der Waals surface area contributed by atoms with E-state index in [1.165, 1.54) is 10.9 Å². The van der Waals surface area contributed by atoms with Crippen LogP contribution in [0.4, 0.5) is 5.82 Å². The van der Waals surface area contributed by atoms with Gasteiger partial charge in [-0.2, -0.15) is 0 Å². The van der Waals surface area contributed by atoms with Crippen LogP contribution < -0.4 is 15.0 Å². The van der Waals surface area contributed by atoms with Crippen molar-refractivity contribution in [2.75, 3.05) is 31.6 Å². The van der Waals surface area contributed by atoms with Crippen LogP contribution in [0.2, 0.25) is 0 Å². The van der Waals surface area contributed by atoms with Gasteiger partial charge in [0, 0.05) is 42.8 Å². The lowest BCUT2D eigenvalue weighted by Crippen LogP contribution is -2.43. The number of carbonyl (C=O) groups is 1. The molecule has 0 bridgehead atoms. The summed E-state index contributed by atoms with van der Waals surface area (Å²) in [6.07, 6.45) is 4.71. The number of benzene rings is 1. The van der Waals surface area contributed by atoms with Gasteiger partial charge in [-0.3, -0.25) is 4.79 Å². The summed E-state index contributed by atoms with van der Waals surface area (Å²) in [4.78, 5) is 18.1. The minimum absolute atomic E-state index is 0.0272. The number of anilines is 1. The van der Waals surface area contributed by atoms with Crippen LogP contribution in [-0.4, -0.2) is 47.8 Å². The van der Waals surface area contributed by atoms with Crippen LogP contribution in [0.5, 0.6) is 5.88 Å². The van der Waals surface area contributed by atoms with Crippen molar-refractivity contribution in [1.82, 2.24) is 20.5 Å². The molecule has 1 saturated heterocycles. The third-order valence-corrected chi connectivity index (χ3v) is 5.32. The van der Waals surface area contributed by atoms with Crippen molar-refractivity contribution in [3.8, 4) is 5.88 Å². The predicted octanol–water partition coefficient (Wildman–Crippen LogP) is 2.54. The average Bonchev–Trinajstić information content (AvgIpc) is 3.17. The lowest BCUT2D eigenvalue weighted by Gasteiger charge is -2.32. The van der Waals surface area contributed by atoms with Gasteiger partial charge in [-0.15, -0.1) is 10.2 Å². The van der Waals surface area contributed by atoms with E-state index in [1.807, 2.05) is 24.4 Å². The van der Waals surface area contributed by atoms with Gasteiger partial charge in [0.25, 0.3) is 0 Å². The van der Waals surface area contributed by atoms with Gasteiger partial charge in [0.1, 0.15) is 0 Å². The molecule has 1 aliphatic rings. The number of aromatic amines is 1. The number of para-hydroxylation sites is 1. The van der Waals surface area contributed by atoms with Gasteiger partial charge >= 0.3 is 0 Å². The van der Waals surface area contributed by atoms with Gasteiger partial charge in [-0.1, -0.05) is 18.2 Å². The van der Waals surface area contributed by atoms with Crippen LogP contribution in [-0.2, 0) is 11.2 Å². The Bertz CT molecular complexity index is 937. The largest absolute Gasteiger partial charge is 0.480 e. The SMILES string of the molecule is COc1ccc(N2CCC[C@@H](C(=O)NCCc3c[nH]c4ccccc34)C2)nn1. The molecule has 1 aliphatic heterocycles. The van der Waals surface area contributed by atoms with Gasteiger partial charge < -0.3 is 19.9 Å². The highest BCUT2D eigenvalue weighted by Gasteiger charge is 2.26. The number of methoxy groups -OCH3 is 1. The number of piperidine rings is 1. The molecule has 1 aromatic carbocycles. The summed E-state index contributed by atoms with van der Waals surface area (Å²) in [6.45, 7) is 2.19. The van der Waals surface area contributed by atoms with Crippen molar-refractivity contribution >= 4 is 22.6 Å². The second-order valence-corrected chi connectivity index (χ2v) is 7.12. The molecule has 2 N–H and O–H groups in total. The maximum atomic E-state index is 12.7. The molecule has 3 heterocycles. The van der Waals surface area contributed by atoms with Crippen LogP contribution in [0.15, 0.2) is 42.6 Å². The molecule has 0 unspecified atom stereocenters. The van der Waals surface area contributed by atoms with Gasteiger partial charge in [-0.05, 0) is 37.0 Å². The van der Waals surface area contributed by atoms with E-state index < -0.39 is 0 Å². The standard InChI is InChI=1S/C21H25N5O2/c1-28-20-9-8-19(24-25-20)26-12-4-5-16(14-26)21(27)22-11-10-15-13-23-18-7-3-2-6-17(15)18/h2-3,6-9,13,16,23H,4-5,10-12,14H2,1H3,(H,22,27)/t16-/m1/s1. The van der Waals surface area contributed by atoms with E-state index in [0.717, 1.165) is 37.1 Å². The number of rotatable bonds is 6. The Morgan fingerprint density at radius 1 is 1.29 bits per heavy atom. The Kier molecular flexibility index (Phi) is 5.41. The number of carbonyl (C=O) groups excluding carboxylic acids is 1. The fourth-order valence-electron chi connectivity index (χ4n) is 3.79. The molecule has 1 fully saturated rings. The molecule has 1 amide bonds. The first-order valence-corrected chi connectivity index (χ1v) is 9.70. The van der Waals surface area contributed by atoms with Gasteiger partial charge in [0.05, 0.1) is 13.0 Å². The Morgan fingerprint density at radius 3 is 3.00 bits per heavy atom. The summed E-state index contributed by atoms with van der Waals surface area (Å²) in [5.74, 6) is 1.37. The van der Waals surface area contributed by atoms with E-state index >= 15 is 0 Å². The molecule has 2 aromatic heterocycles. The van der Waals surface area contributed by atoms with Crippen molar-refractivity contribution in [1.29, 1.82) is 0 Å². The van der Waals surface area contributed by atoms with E-state index in [9.17, 15) is 4.79 Å². The van der Waals surface area contributed by atoms with E-state index in [1.54, 1.807) is 13.2 Å². The molecule has 1 atom stereocenters. The third-order valence-electron chi connectivity index (χ3n) is 5.32. The minimum Gasteiger partial charge on any atom is -0.480 e. The zero-order valence-electron chi connectivity index (χ0n) is 16.0. The van der Waals surface area contributed by atoms with Gasteiger partial charge in [-0.25, -0.2) is 0 Å². The van der Waals surface area contributed by atoms with Crippen LogP contribution in [0, 0.1) is 5.92 Å². The van der Waals surface area contributed by atoms with Crippen molar-refractivity contribution in [3.05, 3.63) is 48.2 Å². The normalized spacial score (nSPS) is 16.9. The summed E-state index contributed by atoms with van der Waals surface area (Å²) in [5, 5.41) is 12.6. The fourth-order valence-corrected chi connectivity index (χ4v) is 3.79. The number of amides is 1. The zero-order valence-corrected chi connectivity index (χ0v) is 16.0. The molecule has 3 aromatic rings. The number of aromatic nitrogens is 3. The maximum absolute atomic E-state index is 12.7. The van der Waals surface area contributed by atoms with E-state index in [2.05, 4.69) is 37.5 Å². The summed E-state index contributed by atoms with van der Waals surface area (Å²) in [5.41, 5.74) is 2.36. The lowest BCUT2D eigenvalue weighted by atomic mass is 9.97. The van der Waals surface area contributed by atoms with E-state index in [0.29, 0.717) is 19.0 Å². The number of fused-ring (bicyclic) bond motifs is 1. The second-order valence-electron chi connectivity index (χ2n) is 7.12. The van der Waals surface area contributed by atoms with Crippen molar-refractivity contribution in [3.63, 3.8) is 0 Å². The van der Waals surface area contributed by atoms with E-state index in [4.69, 9.17) is 4.74 Å². The number of hydrogen-bond acceptors (Lipinski definition) is 5. The molecular formula is C21H25N5O2. The van der Waals surface area contributed by atoms with Crippen molar-refractivity contribution in [2.24, 2.45) is 5.92 Å². The molecule has 0 saturated carbocycles. The Balaban J connectivity index is 1.31. The Labute approximate surface area is 164 Å². The molecule has 0 aliphatic carbocycles. The predicted molar refractivity (Wildman–Crippen MR) is 109 cm³/mol. The molecule has 28 heavy (non-hydrogen) atoms. The average molecular weight is 379 g/mol. The fraction of sp³-hybridized carbons (Fsp3) is 0.381.